The molecular weight excluding hydrogens is 495 g/mol. The summed E-state index contributed by atoms with van der Waals surface area (Å²) in [5.74, 6) is 0.897. The van der Waals surface area contributed by atoms with Gasteiger partial charge in [-0.25, -0.2) is 4.98 Å². The number of halogens is 1. The average Bonchev–Trinajstić information content (AvgIpc) is 3.17. The second-order valence-electron chi connectivity index (χ2n) is 7.52. The van der Waals surface area contributed by atoms with E-state index in [-0.39, 0.29) is 0 Å². The van der Waals surface area contributed by atoms with Crippen molar-refractivity contribution in [2.24, 2.45) is 5.41 Å². The first-order valence-electron chi connectivity index (χ1n) is 9.94. The highest BCUT2D eigenvalue weighted by Gasteiger charge is 2.31. The summed E-state index contributed by atoms with van der Waals surface area (Å²) in [4.78, 5) is 12.5. The quantitative estimate of drug-likeness (QED) is 0.324. The fourth-order valence-electron chi connectivity index (χ4n) is 3.82. The number of nitrogens with zero attached hydrogens (tertiary/aromatic N) is 2. The molecule has 5 nitrogen and oxygen atoms in total. The van der Waals surface area contributed by atoms with E-state index in [0.29, 0.717) is 5.41 Å². The van der Waals surface area contributed by atoms with Gasteiger partial charge in [0, 0.05) is 36.8 Å². The van der Waals surface area contributed by atoms with Crippen LogP contribution in [0, 0.1) is 12.3 Å². The molecule has 0 saturated heterocycles. The van der Waals surface area contributed by atoms with Crippen molar-refractivity contribution in [3.05, 3.63) is 40.8 Å². The minimum Gasteiger partial charge on any atom is -0.450 e. The summed E-state index contributed by atoms with van der Waals surface area (Å²) < 4.78 is 2.46. The van der Waals surface area contributed by atoms with Gasteiger partial charge in [-0.3, -0.25) is 0 Å². The van der Waals surface area contributed by atoms with E-state index in [1.165, 1.54) is 30.9 Å². The van der Waals surface area contributed by atoms with Crippen LogP contribution in [0.5, 0.6) is 0 Å². The van der Waals surface area contributed by atoms with Crippen molar-refractivity contribution in [1.29, 1.82) is 0 Å². The number of carbonyl (C=O) groups excluding carboxylic acids is 1. The van der Waals surface area contributed by atoms with Crippen LogP contribution in [-0.4, -0.2) is 35.4 Å². The second kappa shape index (κ2) is 12.7. The molecule has 1 aliphatic rings. The molecule has 0 saturated carbocycles. The van der Waals surface area contributed by atoms with Crippen LogP contribution < -0.4 is 10.8 Å². The Bertz CT molecular complexity index is 784. The maximum Gasteiger partial charge on any atom is 0.327 e. The minimum atomic E-state index is 0.384. The lowest BCUT2D eigenvalue weighted by molar-refractivity contribution is -0.0979. The Morgan fingerprint density at radius 2 is 2.07 bits per heavy atom. The van der Waals surface area contributed by atoms with Crippen molar-refractivity contribution in [2.45, 2.75) is 60.2 Å². The molecule has 29 heavy (non-hydrogen) atoms. The molecule has 0 amide bonds. The van der Waals surface area contributed by atoms with E-state index < -0.39 is 0 Å². The summed E-state index contributed by atoms with van der Waals surface area (Å²) in [6.45, 7) is 14.7. The van der Waals surface area contributed by atoms with Crippen LogP contribution in [0.3, 0.4) is 0 Å². The Kier molecular flexibility index (Phi) is 11.4. The summed E-state index contributed by atoms with van der Waals surface area (Å²) in [7, 11) is 1.18. The first kappa shape index (κ1) is 26.1. The van der Waals surface area contributed by atoms with Crippen LogP contribution >= 0.6 is 28.3 Å². The van der Waals surface area contributed by atoms with Crippen molar-refractivity contribution in [3.63, 3.8) is 0 Å². The Morgan fingerprint density at radius 1 is 1.38 bits per heavy atom. The van der Waals surface area contributed by atoms with E-state index in [1.54, 1.807) is 6.20 Å². The first-order valence-corrected chi connectivity index (χ1v) is 14.3. The van der Waals surface area contributed by atoms with Crippen LogP contribution in [0.15, 0.2) is 18.3 Å². The van der Waals surface area contributed by atoms with E-state index >= 15 is 0 Å². The number of aromatic nitrogens is 2. The van der Waals surface area contributed by atoms with Crippen molar-refractivity contribution < 1.29 is 9.82 Å². The molecule has 2 heterocycles. The average molecular weight is 528 g/mol. The molecule has 159 valence electrons. The van der Waals surface area contributed by atoms with Gasteiger partial charge in [-0.15, -0.1) is 0 Å². The van der Waals surface area contributed by atoms with E-state index in [2.05, 4.69) is 63.7 Å². The molecule has 2 aromatic heterocycles. The highest BCUT2D eigenvalue weighted by Crippen LogP contribution is 2.37. The predicted octanol–water partition coefficient (Wildman–Crippen LogP) is 4.04. The lowest BCUT2D eigenvalue weighted by Crippen LogP contribution is -2.23. The van der Waals surface area contributed by atoms with Crippen LogP contribution in [0.4, 0.5) is 5.82 Å². The lowest BCUT2D eigenvalue weighted by atomic mass is 9.85. The van der Waals surface area contributed by atoms with Crippen LogP contribution in [-0.2, 0) is 30.3 Å². The molecule has 1 aliphatic carbocycles. The Balaban J connectivity index is 0.000000989. The predicted molar refractivity (Wildman–Crippen MR) is 135 cm³/mol. The highest BCUT2D eigenvalue weighted by molar-refractivity contribution is 14.2. The van der Waals surface area contributed by atoms with E-state index in [4.69, 9.17) is 4.79 Å². The number of anilines is 1. The third kappa shape index (κ3) is 6.79. The summed E-state index contributed by atoms with van der Waals surface area (Å²) in [6.07, 6.45) is 5.78. The third-order valence-corrected chi connectivity index (χ3v) is 6.55. The highest BCUT2D eigenvalue weighted by atomic mass is 127. The summed E-state index contributed by atoms with van der Waals surface area (Å²) in [5, 5.41) is 12.9. The second-order valence-corrected chi connectivity index (χ2v) is 10.4. The summed E-state index contributed by atoms with van der Waals surface area (Å²) in [6, 6.07) is 4.22. The van der Waals surface area contributed by atoms with Crippen molar-refractivity contribution in [3.8, 4) is 0 Å². The number of carbonyl (C=O) groups is 1. The maximum absolute atomic E-state index is 9.45. The molecule has 2 N–H and O–H groups in total. The van der Waals surface area contributed by atoms with E-state index in [9.17, 15) is 5.02 Å². The molecule has 0 aliphatic heterocycles. The molecule has 0 fully saturated rings. The maximum atomic E-state index is 9.45. The lowest BCUT2D eigenvalue weighted by Gasteiger charge is -2.19. The molecule has 1 atom stereocenters. The van der Waals surface area contributed by atoms with E-state index in [1.807, 2.05) is 26.7 Å². The summed E-state index contributed by atoms with van der Waals surface area (Å²) in [5.41, 5.74) is 6.72. The molecule has 8 heteroatoms. The number of pyridine rings is 1. The van der Waals surface area contributed by atoms with Gasteiger partial charge in [-0.05, 0) is 53.9 Å². The smallest absolute Gasteiger partial charge is 0.327 e. The van der Waals surface area contributed by atoms with Crippen LogP contribution in [0.1, 0.15) is 50.2 Å². The molecule has 3 rings (SSSR count). The van der Waals surface area contributed by atoms with Crippen molar-refractivity contribution >= 4 is 53.8 Å². The largest absolute Gasteiger partial charge is 0.450 e. The Labute approximate surface area is 191 Å². The van der Waals surface area contributed by atoms with Gasteiger partial charge >= 0.3 is 7.48 Å². The SMILES string of the molecule is C=O.CC.Cc1cc2c(n1CCNc1nccc([B]O)c1CPI)CC(C)(C)C2. The van der Waals surface area contributed by atoms with Crippen molar-refractivity contribution in [2.75, 3.05) is 11.9 Å². The molecule has 0 bridgehead atoms. The molecular formula is C21H33BIN3O2P. The third-order valence-electron chi connectivity index (χ3n) is 4.92. The van der Waals surface area contributed by atoms with Gasteiger partial charge in [0.2, 0.25) is 0 Å². The van der Waals surface area contributed by atoms with Gasteiger partial charge in [0.1, 0.15) is 12.6 Å². The number of rotatable bonds is 7. The first-order chi connectivity index (χ1) is 13.9. The van der Waals surface area contributed by atoms with Gasteiger partial charge in [0.25, 0.3) is 0 Å². The zero-order valence-electron chi connectivity index (χ0n) is 18.2. The van der Waals surface area contributed by atoms with Crippen molar-refractivity contribution in [1.82, 2.24) is 9.55 Å². The summed E-state index contributed by atoms with van der Waals surface area (Å²) >= 11 is 2.39. The van der Waals surface area contributed by atoms with Gasteiger partial charge in [0.05, 0.1) is 0 Å². The Hall–Kier alpha value is -0.915. The molecule has 0 aromatic carbocycles. The number of aryl methyl sites for hydroxylation is 1. The standard InChI is InChI=1S/C18H25BIN3OP.C2H6.CH2O/c1-12-8-13-9-18(2,3)10-16(13)23(12)7-6-22-17-14(11-25-20)15(19-24)4-5-21-17;2*1-2/h4-5,8,24-25H,6-7,9-11H2,1-3H3,(H,21,22);1-2H3;1H2. The number of nitrogens with one attached hydrogen (secondary N) is 1. The molecule has 0 spiro atoms. The zero-order valence-corrected chi connectivity index (χ0v) is 21.3. The van der Waals surface area contributed by atoms with E-state index in [0.717, 1.165) is 48.7 Å². The Morgan fingerprint density at radius 3 is 2.69 bits per heavy atom. The monoisotopic (exact) mass is 528 g/mol. The fraction of sp³-hybridized carbons (Fsp3) is 0.524. The molecule has 1 unspecified atom stereocenters. The van der Waals surface area contributed by atoms with Gasteiger partial charge < -0.3 is 19.7 Å². The minimum absolute atomic E-state index is 0.384. The van der Waals surface area contributed by atoms with Crippen LogP contribution in [0.2, 0.25) is 0 Å². The normalized spacial score (nSPS) is 13.9. The zero-order chi connectivity index (χ0) is 22.0. The molecule has 1 radical (unpaired) electrons. The van der Waals surface area contributed by atoms with Gasteiger partial charge in [-0.2, -0.15) is 0 Å². The van der Waals surface area contributed by atoms with Gasteiger partial charge in [-0.1, -0.05) is 56.0 Å². The fourth-order valence-corrected chi connectivity index (χ4v) is 5.47. The van der Waals surface area contributed by atoms with Crippen LogP contribution in [0.25, 0.3) is 0 Å². The molecule has 2 aromatic rings. The van der Waals surface area contributed by atoms with Gasteiger partial charge in [0.15, 0.2) is 0 Å². The topological polar surface area (TPSA) is 67.2 Å². The number of hydrogen-bond donors (Lipinski definition) is 2. The number of hydrogen-bond acceptors (Lipinski definition) is 4. The number of fused-ring (bicyclic) bond motifs is 1.